The van der Waals surface area contributed by atoms with Crippen LogP contribution in [-0.4, -0.2) is 42.2 Å². The maximum atomic E-state index is 11.7. The number of benzene rings is 1. The molecule has 0 bridgehead atoms. The number of carbonyl (C=O) groups excluding carboxylic acids is 1. The Balaban J connectivity index is 2.23. The van der Waals surface area contributed by atoms with Gasteiger partial charge in [0.2, 0.25) is 0 Å². The maximum absolute atomic E-state index is 11.7. The van der Waals surface area contributed by atoms with Crippen molar-refractivity contribution in [2.75, 3.05) is 26.2 Å². The molecule has 0 unspecified atom stereocenters. The molecule has 1 rings (SSSR count). The number of rotatable bonds is 8. The predicted octanol–water partition coefficient (Wildman–Crippen LogP) is 2.67. The Labute approximate surface area is 115 Å². The third-order valence-corrected chi connectivity index (χ3v) is 3.12. The standard InChI is InChI=1S/C15H23NO3/c1-3-16(4-2)11-7-8-12-19-15(18)13-9-5-6-10-14(13)17/h5-6,9-10,17H,3-4,7-8,11-12H2,1-2H3. The summed E-state index contributed by atoms with van der Waals surface area (Å²) in [6.07, 6.45) is 1.85. The van der Waals surface area contributed by atoms with Crippen LogP contribution in [0.3, 0.4) is 0 Å². The molecule has 0 amide bonds. The first-order chi connectivity index (χ1) is 9.19. The van der Waals surface area contributed by atoms with Crippen molar-refractivity contribution >= 4 is 5.97 Å². The molecule has 19 heavy (non-hydrogen) atoms. The van der Waals surface area contributed by atoms with E-state index < -0.39 is 5.97 Å². The molecule has 4 nitrogen and oxygen atoms in total. The van der Waals surface area contributed by atoms with Gasteiger partial charge in [0.25, 0.3) is 0 Å². The summed E-state index contributed by atoms with van der Waals surface area (Å²) in [5, 5.41) is 9.51. The fraction of sp³-hybridized carbons (Fsp3) is 0.533. The Morgan fingerprint density at radius 2 is 1.89 bits per heavy atom. The van der Waals surface area contributed by atoms with Crippen LogP contribution >= 0.6 is 0 Å². The lowest BCUT2D eigenvalue weighted by Gasteiger charge is -2.17. The van der Waals surface area contributed by atoms with Crippen molar-refractivity contribution in [2.24, 2.45) is 0 Å². The molecule has 0 aliphatic carbocycles. The average molecular weight is 265 g/mol. The van der Waals surface area contributed by atoms with Crippen LogP contribution in [0, 0.1) is 0 Å². The van der Waals surface area contributed by atoms with Gasteiger partial charge in [-0.1, -0.05) is 26.0 Å². The number of nitrogens with zero attached hydrogens (tertiary/aromatic N) is 1. The minimum atomic E-state index is -0.457. The van der Waals surface area contributed by atoms with Crippen LogP contribution in [-0.2, 0) is 4.74 Å². The summed E-state index contributed by atoms with van der Waals surface area (Å²) in [5.74, 6) is -0.489. The Bertz CT molecular complexity index is 389. The van der Waals surface area contributed by atoms with Gasteiger partial charge in [0.15, 0.2) is 0 Å². The SMILES string of the molecule is CCN(CC)CCCCOC(=O)c1ccccc1O. The molecular formula is C15H23NO3. The molecule has 0 radical (unpaired) electrons. The largest absolute Gasteiger partial charge is 0.507 e. The van der Waals surface area contributed by atoms with E-state index in [1.54, 1.807) is 18.2 Å². The Hall–Kier alpha value is -1.55. The second-order valence-corrected chi connectivity index (χ2v) is 4.39. The fourth-order valence-electron chi connectivity index (χ4n) is 1.87. The molecule has 0 fully saturated rings. The van der Waals surface area contributed by atoms with Crippen LogP contribution in [0.25, 0.3) is 0 Å². The second kappa shape index (κ2) is 8.53. The number of ether oxygens (including phenoxy) is 1. The average Bonchev–Trinajstić information content (AvgIpc) is 2.43. The molecule has 106 valence electrons. The monoisotopic (exact) mass is 265 g/mol. The normalized spacial score (nSPS) is 10.7. The highest BCUT2D eigenvalue weighted by atomic mass is 16.5. The lowest BCUT2D eigenvalue weighted by atomic mass is 10.2. The summed E-state index contributed by atoms with van der Waals surface area (Å²) < 4.78 is 5.14. The number of esters is 1. The molecule has 0 aliphatic rings. The van der Waals surface area contributed by atoms with Gasteiger partial charge in [0, 0.05) is 0 Å². The molecule has 1 aromatic rings. The molecule has 0 spiro atoms. The van der Waals surface area contributed by atoms with Crippen molar-refractivity contribution < 1.29 is 14.6 Å². The van der Waals surface area contributed by atoms with E-state index in [2.05, 4.69) is 18.7 Å². The van der Waals surface area contributed by atoms with E-state index >= 15 is 0 Å². The quantitative estimate of drug-likeness (QED) is 0.580. The molecule has 0 heterocycles. The van der Waals surface area contributed by atoms with E-state index in [4.69, 9.17) is 4.74 Å². The van der Waals surface area contributed by atoms with Crippen molar-refractivity contribution in [2.45, 2.75) is 26.7 Å². The number of carbonyl (C=O) groups is 1. The highest BCUT2D eigenvalue weighted by Crippen LogP contribution is 2.16. The summed E-state index contributed by atoms with van der Waals surface area (Å²) >= 11 is 0. The van der Waals surface area contributed by atoms with Crippen LogP contribution in [0.5, 0.6) is 5.75 Å². The lowest BCUT2D eigenvalue weighted by molar-refractivity contribution is 0.0492. The highest BCUT2D eigenvalue weighted by molar-refractivity contribution is 5.92. The van der Waals surface area contributed by atoms with Crippen molar-refractivity contribution in [3.05, 3.63) is 29.8 Å². The first-order valence-corrected chi connectivity index (χ1v) is 6.86. The third kappa shape index (κ3) is 5.30. The molecule has 1 aromatic carbocycles. The van der Waals surface area contributed by atoms with E-state index in [0.717, 1.165) is 32.5 Å². The van der Waals surface area contributed by atoms with Gasteiger partial charge in [0.05, 0.1) is 6.61 Å². The number of phenols is 1. The predicted molar refractivity (Wildman–Crippen MR) is 75.4 cm³/mol. The summed E-state index contributed by atoms with van der Waals surface area (Å²) in [4.78, 5) is 14.0. The minimum Gasteiger partial charge on any atom is -0.507 e. The minimum absolute atomic E-state index is 0.0318. The van der Waals surface area contributed by atoms with Crippen LogP contribution in [0.1, 0.15) is 37.0 Å². The lowest BCUT2D eigenvalue weighted by Crippen LogP contribution is -2.24. The zero-order valence-electron chi connectivity index (χ0n) is 11.8. The Morgan fingerprint density at radius 1 is 1.21 bits per heavy atom. The van der Waals surface area contributed by atoms with Crippen molar-refractivity contribution in [3.63, 3.8) is 0 Å². The van der Waals surface area contributed by atoms with Gasteiger partial charge in [-0.3, -0.25) is 0 Å². The van der Waals surface area contributed by atoms with Crippen LogP contribution in [0.2, 0.25) is 0 Å². The molecule has 1 N–H and O–H groups in total. The van der Waals surface area contributed by atoms with Gasteiger partial charge in [-0.2, -0.15) is 0 Å². The summed E-state index contributed by atoms with van der Waals surface area (Å²) in [6, 6.07) is 6.43. The third-order valence-electron chi connectivity index (χ3n) is 3.12. The van der Waals surface area contributed by atoms with Crippen molar-refractivity contribution in [1.29, 1.82) is 0 Å². The highest BCUT2D eigenvalue weighted by Gasteiger charge is 2.11. The van der Waals surface area contributed by atoms with Crippen LogP contribution < -0.4 is 0 Å². The molecule has 0 saturated carbocycles. The number of hydrogen-bond acceptors (Lipinski definition) is 4. The topological polar surface area (TPSA) is 49.8 Å². The maximum Gasteiger partial charge on any atom is 0.341 e. The molecule has 0 atom stereocenters. The van der Waals surface area contributed by atoms with Gasteiger partial charge >= 0.3 is 5.97 Å². The van der Waals surface area contributed by atoms with E-state index in [-0.39, 0.29) is 11.3 Å². The van der Waals surface area contributed by atoms with Gasteiger partial charge in [-0.25, -0.2) is 4.79 Å². The zero-order chi connectivity index (χ0) is 14.1. The van der Waals surface area contributed by atoms with E-state index in [1.165, 1.54) is 6.07 Å². The van der Waals surface area contributed by atoms with Crippen LogP contribution in [0.15, 0.2) is 24.3 Å². The first-order valence-electron chi connectivity index (χ1n) is 6.86. The number of aromatic hydroxyl groups is 1. The van der Waals surface area contributed by atoms with E-state index in [0.29, 0.717) is 6.61 Å². The summed E-state index contributed by atoms with van der Waals surface area (Å²) in [5.41, 5.74) is 0.228. The Kier molecular flexibility index (Phi) is 6.97. The number of unbranched alkanes of at least 4 members (excludes halogenated alkanes) is 1. The first kappa shape index (κ1) is 15.5. The smallest absolute Gasteiger partial charge is 0.341 e. The number of para-hydroxylation sites is 1. The Morgan fingerprint density at radius 3 is 2.53 bits per heavy atom. The van der Waals surface area contributed by atoms with E-state index in [9.17, 15) is 9.90 Å². The molecule has 4 heteroatoms. The van der Waals surface area contributed by atoms with Crippen LogP contribution in [0.4, 0.5) is 0 Å². The number of phenolic OH excluding ortho intramolecular Hbond substituents is 1. The van der Waals surface area contributed by atoms with Gasteiger partial charge in [-0.15, -0.1) is 0 Å². The van der Waals surface area contributed by atoms with Gasteiger partial charge < -0.3 is 14.7 Å². The zero-order valence-corrected chi connectivity index (χ0v) is 11.8. The fourth-order valence-corrected chi connectivity index (χ4v) is 1.87. The van der Waals surface area contributed by atoms with Crippen molar-refractivity contribution in [3.8, 4) is 5.75 Å². The molecule has 0 aliphatic heterocycles. The summed E-state index contributed by atoms with van der Waals surface area (Å²) in [7, 11) is 0. The molecular weight excluding hydrogens is 242 g/mol. The molecule has 0 saturated heterocycles. The summed E-state index contributed by atoms with van der Waals surface area (Å²) in [6.45, 7) is 7.81. The number of hydrogen-bond donors (Lipinski definition) is 1. The van der Waals surface area contributed by atoms with Gasteiger partial charge in [-0.05, 0) is 44.6 Å². The second-order valence-electron chi connectivity index (χ2n) is 4.39. The van der Waals surface area contributed by atoms with Gasteiger partial charge in [0.1, 0.15) is 11.3 Å². The van der Waals surface area contributed by atoms with E-state index in [1.807, 2.05) is 0 Å². The molecule has 0 aromatic heterocycles. The van der Waals surface area contributed by atoms with Crippen molar-refractivity contribution in [1.82, 2.24) is 4.90 Å².